The molecule has 1 heterocycles. The van der Waals surface area contributed by atoms with E-state index in [1.54, 1.807) is 4.90 Å². The minimum atomic E-state index is -4.41. The molecule has 0 bridgehead atoms. The molecule has 4 nitrogen and oxygen atoms in total. The Hall–Kier alpha value is -1.16. The van der Waals surface area contributed by atoms with Crippen molar-refractivity contribution in [3.05, 3.63) is 29.8 Å². The fourth-order valence-electron chi connectivity index (χ4n) is 2.92. The van der Waals surface area contributed by atoms with Crippen molar-refractivity contribution < 1.29 is 46.7 Å². The molecule has 8 heteroatoms. The summed E-state index contributed by atoms with van der Waals surface area (Å²) in [5.41, 5.74) is -1.64. The first-order valence-electron chi connectivity index (χ1n) is 7.12. The van der Waals surface area contributed by atoms with Gasteiger partial charge in [-0.3, -0.25) is 4.90 Å². The zero-order valence-electron chi connectivity index (χ0n) is 12.7. The van der Waals surface area contributed by atoms with Gasteiger partial charge in [0.25, 0.3) is 0 Å². The van der Waals surface area contributed by atoms with E-state index in [9.17, 15) is 23.1 Å². The molecule has 1 aromatic carbocycles. The standard InChI is InChI=1S/C15H16F3NO3.Li/c16-15(17,18)10-2-1-3-11(8-10)22-12-4-7-19(9-12)14(5-6-14)13(20)21;/h1-3,8,12H,4-7,9H2,(H,20,21);/q;+1/p-1/t12-;/m1./s1. The Balaban J connectivity index is 0.00000192. The number of benzene rings is 1. The third-order valence-corrected chi connectivity index (χ3v) is 4.32. The number of likely N-dealkylation sites (tertiary alicyclic amines) is 1. The van der Waals surface area contributed by atoms with Gasteiger partial charge in [0.05, 0.1) is 17.1 Å². The molecule has 120 valence electrons. The van der Waals surface area contributed by atoms with Gasteiger partial charge in [-0.15, -0.1) is 0 Å². The van der Waals surface area contributed by atoms with Crippen LogP contribution in [0.4, 0.5) is 13.2 Å². The van der Waals surface area contributed by atoms with Crippen LogP contribution < -0.4 is 28.7 Å². The Morgan fingerprint density at radius 3 is 2.61 bits per heavy atom. The number of carboxylic acid groups (broad SMARTS) is 1. The van der Waals surface area contributed by atoms with Gasteiger partial charge >= 0.3 is 25.0 Å². The summed E-state index contributed by atoms with van der Waals surface area (Å²) in [7, 11) is 0. The molecule has 1 saturated carbocycles. The number of carbonyl (C=O) groups is 1. The van der Waals surface area contributed by atoms with Gasteiger partial charge in [-0.1, -0.05) is 6.07 Å². The zero-order chi connectivity index (χ0) is 16.0. The molecular weight excluding hydrogens is 306 g/mol. The largest absolute Gasteiger partial charge is 1.00 e. The van der Waals surface area contributed by atoms with Gasteiger partial charge in [0, 0.05) is 13.1 Å². The third-order valence-electron chi connectivity index (χ3n) is 4.32. The summed E-state index contributed by atoms with van der Waals surface area (Å²) in [6.07, 6.45) is -3.00. The van der Waals surface area contributed by atoms with E-state index < -0.39 is 23.2 Å². The summed E-state index contributed by atoms with van der Waals surface area (Å²) in [4.78, 5) is 13.0. The molecule has 2 fully saturated rings. The number of nitrogens with zero attached hydrogens (tertiary/aromatic N) is 1. The SMILES string of the molecule is O=C([O-])C1(N2CC[C@@H](Oc3cccc(C(F)(F)F)c3)C2)CC1.[Li+]. The van der Waals surface area contributed by atoms with Crippen LogP contribution in [0.1, 0.15) is 24.8 Å². The van der Waals surface area contributed by atoms with Crippen molar-refractivity contribution in [2.24, 2.45) is 0 Å². The summed E-state index contributed by atoms with van der Waals surface area (Å²) >= 11 is 0. The summed E-state index contributed by atoms with van der Waals surface area (Å²) in [6.45, 7) is 0.946. The summed E-state index contributed by atoms with van der Waals surface area (Å²) < 4.78 is 43.6. The van der Waals surface area contributed by atoms with E-state index in [4.69, 9.17) is 4.74 Å². The number of rotatable bonds is 4. The Labute approximate surface area is 143 Å². The average Bonchev–Trinajstić information content (AvgIpc) is 3.14. The molecule has 3 rings (SSSR count). The average molecular weight is 321 g/mol. The second kappa shape index (κ2) is 6.38. The van der Waals surface area contributed by atoms with Gasteiger partial charge in [-0.2, -0.15) is 13.2 Å². The van der Waals surface area contributed by atoms with Crippen LogP contribution in [-0.4, -0.2) is 35.6 Å². The van der Waals surface area contributed by atoms with Gasteiger partial charge in [0.1, 0.15) is 11.9 Å². The fourth-order valence-corrected chi connectivity index (χ4v) is 2.92. The van der Waals surface area contributed by atoms with Crippen LogP contribution in [0.3, 0.4) is 0 Å². The van der Waals surface area contributed by atoms with Gasteiger partial charge < -0.3 is 14.6 Å². The van der Waals surface area contributed by atoms with Crippen molar-refractivity contribution in [3.63, 3.8) is 0 Å². The molecular formula is C15H15F3LiNO3. The molecule has 1 aliphatic heterocycles. The van der Waals surface area contributed by atoms with E-state index >= 15 is 0 Å². The van der Waals surface area contributed by atoms with E-state index in [0.717, 1.165) is 12.1 Å². The van der Waals surface area contributed by atoms with Gasteiger partial charge in [0.15, 0.2) is 0 Å². The minimum Gasteiger partial charge on any atom is -0.548 e. The molecule has 1 aromatic rings. The Kier molecular flexibility index (Phi) is 5.05. The second-order valence-electron chi connectivity index (χ2n) is 5.82. The second-order valence-corrected chi connectivity index (χ2v) is 5.82. The number of ether oxygens (including phenoxy) is 1. The number of hydrogen-bond donors (Lipinski definition) is 0. The normalized spacial score (nSPS) is 23.2. The van der Waals surface area contributed by atoms with Crippen molar-refractivity contribution in [2.45, 2.75) is 37.1 Å². The van der Waals surface area contributed by atoms with Crippen LogP contribution in [-0.2, 0) is 11.0 Å². The van der Waals surface area contributed by atoms with Crippen molar-refractivity contribution in [2.75, 3.05) is 13.1 Å². The number of carbonyl (C=O) groups excluding carboxylic acids is 1. The summed E-state index contributed by atoms with van der Waals surface area (Å²) in [5, 5.41) is 11.2. The number of alkyl halides is 3. The van der Waals surface area contributed by atoms with E-state index in [0.29, 0.717) is 32.4 Å². The van der Waals surface area contributed by atoms with Crippen molar-refractivity contribution in [1.29, 1.82) is 0 Å². The van der Waals surface area contributed by atoms with E-state index in [1.165, 1.54) is 12.1 Å². The monoisotopic (exact) mass is 321 g/mol. The van der Waals surface area contributed by atoms with Crippen molar-refractivity contribution in [3.8, 4) is 5.75 Å². The first-order chi connectivity index (χ1) is 10.3. The molecule has 1 aliphatic carbocycles. The predicted octanol–water partition coefficient (Wildman–Crippen LogP) is -1.55. The number of carboxylic acids is 1. The van der Waals surface area contributed by atoms with Crippen LogP contribution in [0.25, 0.3) is 0 Å². The maximum Gasteiger partial charge on any atom is 1.00 e. The summed E-state index contributed by atoms with van der Waals surface area (Å²) in [5.74, 6) is -0.924. The van der Waals surface area contributed by atoms with Crippen LogP contribution in [0.2, 0.25) is 0 Å². The van der Waals surface area contributed by atoms with Crippen LogP contribution >= 0.6 is 0 Å². The first-order valence-corrected chi connectivity index (χ1v) is 7.12. The molecule has 0 N–H and O–H groups in total. The van der Waals surface area contributed by atoms with Crippen LogP contribution in [0, 0.1) is 0 Å². The summed E-state index contributed by atoms with van der Waals surface area (Å²) in [6, 6.07) is 4.73. The third kappa shape index (κ3) is 3.68. The van der Waals surface area contributed by atoms with E-state index in [2.05, 4.69) is 0 Å². The Bertz CT molecular complexity index is 590. The van der Waals surface area contributed by atoms with Crippen molar-refractivity contribution in [1.82, 2.24) is 4.90 Å². The number of aliphatic carboxylic acids is 1. The molecule has 1 atom stereocenters. The minimum absolute atomic E-state index is 0. The zero-order valence-corrected chi connectivity index (χ0v) is 12.7. The van der Waals surface area contributed by atoms with E-state index in [-0.39, 0.29) is 30.7 Å². The first kappa shape index (κ1) is 18.2. The maximum absolute atomic E-state index is 12.7. The van der Waals surface area contributed by atoms with Gasteiger partial charge in [-0.05, 0) is 37.5 Å². The Morgan fingerprint density at radius 1 is 1.35 bits per heavy atom. The smallest absolute Gasteiger partial charge is 0.548 e. The van der Waals surface area contributed by atoms with Crippen molar-refractivity contribution >= 4 is 5.97 Å². The molecule has 0 unspecified atom stereocenters. The number of hydrogen-bond acceptors (Lipinski definition) is 4. The molecule has 1 saturated heterocycles. The predicted molar refractivity (Wildman–Crippen MR) is 69.0 cm³/mol. The number of halogens is 3. The van der Waals surface area contributed by atoms with Gasteiger partial charge in [-0.25, -0.2) is 0 Å². The molecule has 0 radical (unpaired) electrons. The van der Waals surface area contributed by atoms with Crippen LogP contribution in [0.5, 0.6) is 5.75 Å². The Morgan fingerprint density at radius 2 is 2.04 bits per heavy atom. The topological polar surface area (TPSA) is 52.6 Å². The fraction of sp³-hybridized carbons (Fsp3) is 0.533. The molecule has 2 aliphatic rings. The molecule has 0 aromatic heterocycles. The van der Waals surface area contributed by atoms with Crippen LogP contribution in [0.15, 0.2) is 24.3 Å². The van der Waals surface area contributed by atoms with E-state index in [1.807, 2.05) is 0 Å². The maximum atomic E-state index is 12.7. The quantitative estimate of drug-likeness (QED) is 0.630. The van der Waals surface area contributed by atoms with Gasteiger partial charge in [0.2, 0.25) is 0 Å². The molecule has 0 amide bonds. The molecule has 23 heavy (non-hydrogen) atoms. The molecule has 0 spiro atoms.